The van der Waals surface area contributed by atoms with Gasteiger partial charge in [0.15, 0.2) is 17.5 Å². The number of rotatable bonds is 5. The molecule has 7 nitrogen and oxygen atoms in total. The van der Waals surface area contributed by atoms with E-state index in [4.69, 9.17) is 9.47 Å². The van der Waals surface area contributed by atoms with Gasteiger partial charge in [-0.2, -0.15) is 5.10 Å². The van der Waals surface area contributed by atoms with Crippen LogP contribution in [0.1, 0.15) is 28.9 Å². The molecule has 2 aromatic carbocycles. The van der Waals surface area contributed by atoms with Gasteiger partial charge < -0.3 is 20.1 Å². The standard InChI is InChI=1S/C24H29N5O2.HI/c1-17-13-18(2)29(28-17)21-8-5-4-7-20(21)16-27-24(25-3)26-15-19-9-10-22-23(14-19)31-12-6-11-30-22;/h4-5,7-10,13-14H,6,11-12,15-16H2,1-3H3,(H2,25,26,27);1H. The second kappa shape index (κ2) is 11.2. The topological polar surface area (TPSA) is 72.7 Å². The van der Waals surface area contributed by atoms with Crippen LogP contribution in [0, 0.1) is 13.8 Å². The van der Waals surface area contributed by atoms with Crippen molar-refractivity contribution in [3.8, 4) is 17.2 Å². The monoisotopic (exact) mass is 547 g/mol. The quantitative estimate of drug-likeness (QED) is 0.286. The first kappa shape index (κ1) is 23.9. The first-order valence-electron chi connectivity index (χ1n) is 10.6. The zero-order valence-electron chi connectivity index (χ0n) is 18.7. The van der Waals surface area contributed by atoms with Crippen LogP contribution in [0.5, 0.6) is 11.5 Å². The summed E-state index contributed by atoms with van der Waals surface area (Å²) in [5.74, 6) is 2.35. The molecule has 0 saturated carbocycles. The number of benzene rings is 2. The number of fused-ring (bicyclic) bond motifs is 1. The molecule has 8 heteroatoms. The third kappa shape index (κ3) is 5.73. The molecule has 0 radical (unpaired) electrons. The number of para-hydroxylation sites is 1. The number of nitrogens with zero attached hydrogens (tertiary/aromatic N) is 3. The van der Waals surface area contributed by atoms with Gasteiger partial charge in [-0.25, -0.2) is 4.68 Å². The van der Waals surface area contributed by atoms with Crippen molar-refractivity contribution in [1.29, 1.82) is 0 Å². The van der Waals surface area contributed by atoms with Gasteiger partial charge in [-0.05, 0) is 49.2 Å². The largest absolute Gasteiger partial charge is 0.490 e. The molecule has 0 fully saturated rings. The predicted molar refractivity (Wildman–Crippen MR) is 138 cm³/mol. The van der Waals surface area contributed by atoms with E-state index in [-0.39, 0.29) is 24.0 Å². The van der Waals surface area contributed by atoms with Gasteiger partial charge in [0.25, 0.3) is 0 Å². The Hall–Kier alpha value is -2.75. The molecule has 2 heterocycles. The van der Waals surface area contributed by atoms with Gasteiger partial charge in [0, 0.05) is 32.3 Å². The Balaban J connectivity index is 0.00000289. The van der Waals surface area contributed by atoms with Crippen LogP contribution < -0.4 is 20.1 Å². The average Bonchev–Trinajstić information content (AvgIpc) is 2.97. The maximum absolute atomic E-state index is 5.79. The highest BCUT2D eigenvalue weighted by atomic mass is 127. The van der Waals surface area contributed by atoms with Crippen LogP contribution in [0.4, 0.5) is 0 Å². The van der Waals surface area contributed by atoms with Crippen molar-refractivity contribution in [3.63, 3.8) is 0 Å². The van der Waals surface area contributed by atoms with Crippen molar-refractivity contribution < 1.29 is 9.47 Å². The van der Waals surface area contributed by atoms with Crippen LogP contribution in [-0.4, -0.2) is 36.0 Å². The predicted octanol–water partition coefficient (Wildman–Crippen LogP) is 4.13. The summed E-state index contributed by atoms with van der Waals surface area (Å²) in [6.45, 7) is 6.72. The Morgan fingerprint density at radius 3 is 2.50 bits per heavy atom. The average molecular weight is 547 g/mol. The molecule has 2 N–H and O–H groups in total. The van der Waals surface area contributed by atoms with Crippen LogP contribution in [0.25, 0.3) is 5.69 Å². The van der Waals surface area contributed by atoms with Gasteiger partial charge in [0.2, 0.25) is 0 Å². The van der Waals surface area contributed by atoms with Gasteiger partial charge in [0.1, 0.15) is 0 Å². The molecule has 0 unspecified atom stereocenters. The molecule has 0 spiro atoms. The third-order valence-corrected chi connectivity index (χ3v) is 5.17. The number of hydrogen-bond donors (Lipinski definition) is 2. The molecule has 0 aliphatic carbocycles. The van der Waals surface area contributed by atoms with Gasteiger partial charge in [-0.15, -0.1) is 24.0 Å². The van der Waals surface area contributed by atoms with Crippen molar-refractivity contribution in [1.82, 2.24) is 20.4 Å². The summed E-state index contributed by atoms with van der Waals surface area (Å²) in [6.07, 6.45) is 0.901. The summed E-state index contributed by atoms with van der Waals surface area (Å²) in [7, 11) is 1.77. The summed E-state index contributed by atoms with van der Waals surface area (Å²) < 4.78 is 13.5. The lowest BCUT2D eigenvalue weighted by atomic mass is 10.1. The second-order valence-electron chi connectivity index (χ2n) is 7.58. The zero-order valence-corrected chi connectivity index (χ0v) is 21.1. The summed E-state index contributed by atoms with van der Waals surface area (Å²) in [5.41, 5.74) is 5.44. The molecule has 0 bridgehead atoms. The molecule has 1 aromatic heterocycles. The van der Waals surface area contributed by atoms with Crippen molar-refractivity contribution in [2.75, 3.05) is 20.3 Å². The maximum atomic E-state index is 5.79. The lowest BCUT2D eigenvalue weighted by molar-refractivity contribution is 0.297. The summed E-state index contributed by atoms with van der Waals surface area (Å²) >= 11 is 0. The number of ether oxygens (including phenoxy) is 2. The first-order chi connectivity index (χ1) is 15.1. The Labute approximate surface area is 206 Å². The molecule has 1 aliphatic heterocycles. The lowest BCUT2D eigenvalue weighted by Gasteiger charge is -2.15. The van der Waals surface area contributed by atoms with Crippen molar-refractivity contribution in [2.45, 2.75) is 33.4 Å². The highest BCUT2D eigenvalue weighted by Crippen LogP contribution is 2.30. The minimum Gasteiger partial charge on any atom is -0.490 e. The van der Waals surface area contributed by atoms with E-state index in [0.717, 1.165) is 52.1 Å². The van der Waals surface area contributed by atoms with E-state index >= 15 is 0 Å². The maximum Gasteiger partial charge on any atom is 0.191 e. The van der Waals surface area contributed by atoms with E-state index in [1.807, 2.05) is 41.9 Å². The number of guanidine groups is 1. The first-order valence-corrected chi connectivity index (χ1v) is 10.6. The Morgan fingerprint density at radius 1 is 1.00 bits per heavy atom. The number of nitrogens with one attached hydrogen (secondary N) is 2. The Bertz CT molecular complexity index is 1080. The fourth-order valence-electron chi connectivity index (χ4n) is 3.64. The van der Waals surface area contributed by atoms with E-state index in [1.165, 1.54) is 0 Å². The second-order valence-corrected chi connectivity index (χ2v) is 7.58. The fraction of sp³-hybridized carbons (Fsp3) is 0.333. The molecular weight excluding hydrogens is 517 g/mol. The summed E-state index contributed by atoms with van der Waals surface area (Å²) in [5, 5.41) is 11.4. The molecule has 0 atom stereocenters. The van der Waals surface area contributed by atoms with E-state index < -0.39 is 0 Å². The number of aryl methyl sites for hydroxylation is 2. The molecule has 1 aliphatic rings. The smallest absolute Gasteiger partial charge is 0.191 e. The Kier molecular flexibility index (Phi) is 8.38. The van der Waals surface area contributed by atoms with Crippen LogP contribution in [0.15, 0.2) is 53.5 Å². The van der Waals surface area contributed by atoms with Crippen molar-refractivity contribution in [3.05, 3.63) is 71.0 Å². The van der Waals surface area contributed by atoms with E-state index in [0.29, 0.717) is 26.3 Å². The molecule has 0 saturated heterocycles. The van der Waals surface area contributed by atoms with E-state index in [1.54, 1.807) is 7.05 Å². The molecule has 3 aromatic rings. The third-order valence-electron chi connectivity index (χ3n) is 5.17. The van der Waals surface area contributed by atoms with Crippen LogP contribution in [0.2, 0.25) is 0 Å². The number of halogens is 1. The van der Waals surface area contributed by atoms with Crippen molar-refractivity contribution >= 4 is 29.9 Å². The number of aromatic nitrogens is 2. The van der Waals surface area contributed by atoms with E-state index in [9.17, 15) is 0 Å². The molecule has 4 rings (SSSR count). The lowest BCUT2D eigenvalue weighted by Crippen LogP contribution is -2.36. The summed E-state index contributed by atoms with van der Waals surface area (Å²) in [4.78, 5) is 4.36. The van der Waals surface area contributed by atoms with Gasteiger partial charge in [-0.3, -0.25) is 4.99 Å². The van der Waals surface area contributed by atoms with Gasteiger partial charge >= 0.3 is 0 Å². The van der Waals surface area contributed by atoms with Gasteiger partial charge in [-0.1, -0.05) is 24.3 Å². The number of aliphatic imine (C=N–C) groups is 1. The molecule has 32 heavy (non-hydrogen) atoms. The molecule has 170 valence electrons. The minimum absolute atomic E-state index is 0. The van der Waals surface area contributed by atoms with Crippen LogP contribution >= 0.6 is 24.0 Å². The van der Waals surface area contributed by atoms with E-state index in [2.05, 4.69) is 45.8 Å². The SMILES string of the molecule is CN=C(NCc1ccc2c(c1)OCCCO2)NCc1ccccc1-n1nc(C)cc1C.I. The molecule has 0 amide bonds. The molecular formula is C24H30IN5O2. The van der Waals surface area contributed by atoms with Crippen LogP contribution in [-0.2, 0) is 13.1 Å². The van der Waals surface area contributed by atoms with Gasteiger partial charge in [0.05, 0.1) is 24.6 Å². The highest BCUT2D eigenvalue weighted by Gasteiger charge is 2.12. The van der Waals surface area contributed by atoms with Crippen molar-refractivity contribution in [2.24, 2.45) is 4.99 Å². The zero-order chi connectivity index (χ0) is 21.6. The normalized spacial score (nSPS) is 13.2. The number of hydrogen-bond acceptors (Lipinski definition) is 4. The highest BCUT2D eigenvalue weighted by molar-refractivity contribution is 14.0. The summed E-state index contributed by atoms with van der Waals surface area (Å²) in [6, 6.07) is 16.4. The Morgan fingerprint density at radius 2 is 1.75 bits per heavy atom. The fourth-order valence-corrected chi connectivity index (χ4v) is 3.64. The van der Waals surface area contributed by atoms with Crippen LogP contribution in [0.3, 0.4) is 0 Å². The minimum atomic E-state index is 0.